The summed E-state index contributed by atoms with van der Waals surface area (Å²) in [7, 11) is -1.26. The number of hydrogen-bond donors (Lipinski definition) is 2. The van der Waals surface area contributed by atoms with Crippen LogP contribution in [0.5, 0.6) is 23.0 Å². The Labute approximate surface area is 245 Å². The zero-order valence-corrected chi connectivity index (χ0v) is 24.2. The lowest BCUT2D eigenvalue weighted by Gasteiger charge is -2.17. The van der Waals surface area contributed by atoms with Gasteiger partial charge in [0.25, 0.3) is 0 Å². The van der Waals surface area contributed by atoms with E-state index in [2.05, 4.69) is 5.32 Å². The first kappa shape index (κ1) is 30.4. The van der Waals surface area contributed by atoms with Crippen molar-refractivity contribution in [1.29, 1.82) is 0 Å². The van der Waals surface area contributed by atoms with E-state index in [-0.39, 0.29) is 34.3 Å². The average Bonchev–Trinajstić information content (AvgIpc) is 3.01. The molecule has 0 atom stereocenters. The van der Waals surface area contributed by atoms with E-state index < -0.39 is 16.7 Å². The number of carbonyl (C=O) groups excluding carboxylic acids is 1. The van der Waals surface area contributed by atoms with Crippen molar-refractivity contribution in [1.82, 2.24) is 5.32 Å². The molecule has 0 radical (unpaired) electrons. The van der Waals surface area contributed by atoms with Gasteiger partial charge in [-0.15, -0.1) is 0 Å². The molecule has 9 nitrogen and oxygen atoms in total. The topological polar surface area (TPSA) is 120 Å². The number of amides is 1. The van der Waals surface area contributed by atoms with Gasteiger partial charge in [0.05, 0.1) is 27.2 Å². The maximum atomic E-state index is 12.9. The van der Waals surface area contributed by atoms with Crippen LogP contribution < -0.4 is 23.7 Å². The second-order valence-corrected chi connectivity index (χ2v) is 10.8. The second-order valence-electron chi connectivity index (χ2n) is 9.28. The van der Waals surface area contributed by atoms with Crippen molar-refractivity contribution in [3.63, 3.8) is 0 Å². The van der Waals surface area contributed by atoms with Crippen LogP contribution in [0, 0.1) is 0 Å². The molecule has 10 heteroatoms. The Balaban J connectivity index is 1.41. The van der Waals surface area contributed by atoms with Crippen molar-refractivity contribution in [3.8, 4) is 23.0 Å². The molecule has 0 fully saturated rings. The van der Waals surface area contributed by atoms with E-state index >= 15 is 0 Å². The molecule has 0 aliphatic heterocycles. The van der Waals surface area contributed by atoms with Crippen LogP contribution in [0.25, 0.3) is 0 Å². The Bertz CT molecular complexity index is 1590. The van der Waals surface area contributed by atoms with Gasteiger partial charge in [-0.2, -0.15) is 8.42 Å². The van der Waals surface area contributed by atoms with Gasteiger partial charge in [0.2, 0.25) is 5.91 Å². The van der Waals surface area contributed by atoms with Gasteiger partial charge in [-0.25, -0.2) is 0 Å². The number of aliphatic hydroxyl groups excluding tert-OH is 1. The van der Waals surface area contributed by atoms with Gasteiger partial charge in [-0.05, 0) is 53.4 Å². The minimum absolute atomic E-state index is 0.0498. The summed E-state index contributed by atoms with van der Waals surface area (Å²) in [6.07, 6.45) is 0.437. The third kappa shape index (κ3) is 7.80. The summed E-state index contributed by atoms with van der Waals surface area (Å²) in [5.41, 5.74) is 2.54. The summed E-state index contributed by atoms with van der Waals surface area (Å²) >= 11 is 0. The Morgan fingerprint density at radius 3 is 2.14 bits per heavy atom. The first-order valence-electron chi connectivity index (χ1n) is 13.2. The summed E-state index contributed by atoms with van der Waals surface area (Å²) in [5, 5.41) is 13.0. The minimum Gasteiger partial charge on any atom is -0.493 e. The quantitative estimate of drug-likeness (QED) is 0.207. The molecule has 0 aliphatic rings. The summed E-state index contributed by atoms with van der Waals surface area (Å²) in [6.45, 7) is 0.182. The van der Waals surface area contributed by atoms with E-state index in [4.69, 9.17) is 18.4 Å². The number of methoxy groups -OCH3 is 2. The smallest absolute Gasteiger partial charge is 0.339 e. The van der Waals surface area contributed by atoms with Gasteiger partial charge in [-0.3, -0.25) is 4.79 Å². The fourth-order valence-electron chi connectivity index (χ4n) is 4.29. The maximum absolute atomic E-state index is 12.9. The number of benzene rings is 4. The third-order valence-corrected chi connectivity index (χ3v) is 7.71. The maximum Gasteiger partial charge on any atom is 0.339 e. The lowest BCUT2D eigenvalue weighted by molar-refractivity contribution is -0.120. The molecular formula is C32H33NO8S. The van der Waals surface area contributed by atoms with Crippen LogP contribution in [0.3, 0.4) is 0 Å². The normalized spacial score (nSPS) is 11.0. The summed E-state index contributed by atoms with van der Waals surface area (Å²) in [6, 6.07) is 26.2. The van der Waals surface area contributed by atoms with Crippen molar-refractivity contribution < 1.29 is 36.7 Å². The summed E-state index contributed by atoms with van der Waals surface area (Å²) in [5.74, 6) is 0.875. The first-order chi connectivity index (χ1) is 20.3. The largest absolute Gasteiger partial charge is 0.493 e. The fraction of sp³-hybridized carbons (Fsp3) is 0.219. The standard InChI is InChI=1S/C32H33NO8S/c1-38-28-15-13-23(19-30(28)40-22-24-9-5-3-6-10-24)17-18-33-31(35)20-25-14-16-29(39-2)32(27(25)21-34)41-42(36,37)26-11-7-4-8-12-26/h3-16,19,34H,17-18,20-22H2,1-2H3,(H,33,35). The van der Waals surface area contributed by atoms with Crippen molar-refractivity contribution in [3.05, 3.63) is 113 Å². The predicted octanol–water partition coefficient (Wildman–Crippen LogP) is 4.44. The molecule has 220 valence electrons. The molecule has 0 saturated heterocycles. The molecule has 4 aromatic carbocycles. The number of ether oxygens (including phenoxy) is 3. The molecular weight excluding hydrogens is 558 g/mol. The van der Waals surface area contributed by atoms with Crippen LogP contribution in [0.15, 0.2) is 95.9 Å². The van der Waals surface area contributed by atoms with E-state index in [1.165, 1.54) is 25.3 Å². The van der Waals surface area contributed by atoms with Gasteiger partial charge in [0, 0.05) is 12.1 Å². The Morgan fingerprint density at radius 2 is 1.48 bits per heavy atom. The Morgan fingerprint density at radius 1 is 0.810 bits per heavy atom. The second kappa shape index (κ2) is 14.4. The number of hydrogen-bond acceptors (Lipinski definition) is 8. The summed E-state index contributed by atoms with van der Waals surface area (Å²) in [4.78, 5) is 12.8. The molecule has 0 saturated carbocycles. The van der Waals surface area contributed by atoms with Gasteiger partial charge in [0.15, 0.2) is 23.0 Å². The number of aliphatic hydroxyl groups is 1. The van der Waals surface area contributed by atoms with Crippen LogP contribution in [0.4, 0.5) is 0 Å². The van der Waals surface area contributed by atoms with Crippen LogP contribution in [-0.4, -0.2) is 40.2 Å². The number of carbonyl (C=O) groups is 1. The molecule has 0 bridgehead atoms. The molecule has 42 heavy (non-hydrogen) atoms. The predicted molar refractivity (Wildman–Crippen MR) is 157 cm³/mol. The van der Waals surface area contributed by atoms with Crippen molar-refractivity contribution in [2.45, 2.75) is 31.0 Å². The average molecular weight is 592 g/mol. The van der Waals surface area contributed by atoms with Crippen LogP contribution in [0.1, 0.15) is 22.3 Å². The van der Waals surface area contributed by atoms with Crippen molar-refractivity contribution in [2.24, 2.45) is 0 Å². The first-order valence-corrected chi connectivity index (χ1v) is 14.6. The highest BCUT2D eigenvalue weighted by molar-refractivity contribution is 7.87. The summed E-state index contributed by atoms with van der Waals surface area (Å²) < 4.78 is 47.8. The van der Waals surface area contributed by atoms with Crippen molar-refractivity contribution in [2.75, 3.05) is 20.8 Å². The highest BCUT2D eigenvalue weighted by atomic mass is 32.2. The lowest BCUT2D eigenvalue weighted by Crippen LogP contribution is -2.27. The van der Waals surface area contributed by atoms with E-state index in [0.29, 0.717) is 36.6 Å². The molecule has 0 heterocycles. The molecule has 0 unspecified atom stereocenters. The van der Waals surface area contributed by atoms with E-state index in [1.54, 1.807) is 31.4 Å². The van der Waals surface area contributed by atoms with Gasteiger partial charge < -0.3 is 28.8 Å². The lowest BCUT2D eigenvalue weighted by atomic mass is 10.0. The molecule has 0 aliphatic carbocycles. The third-order valence-electron chi connectivity index (χ3n) is 6.48. The Hall–Kier alpha value is -4.54. The molecule has 2 N–H and O–H groups in total. The van der Waals surface area contributed by atoms with Crippen LogP contribution >= 0.6 is 0 Å². The Kier molecular flexibility index (Phi) is 10.4. The molecule has 1 amide bonds. The van der Waals surface area contributed by atoms with Crippen LogP contribution in [0.2, 0.25) is 0 Å². The minimum atomic E-state index is -4.21. The van der Waals surface area contributed by atoms with Gasteiger partial charge in [0.1, 0.15) is 11.5 Å². The fourth-order valence-corrected chi connectivity index (χ4v) is 5.28. The monoisotopic (exact) mass is 591 g/mol. The molecule has 0 aromatic heterocycles. The van der Waals surface area contributed by atoms with E-state index in [1.807, 2.05) is 48.5 Å². The number of rotatable bonds is 14. The van der Waals surface area contributed by atoms with Crippen LogP contribution in [-0.2, 0) is 41.0 Å². The van der Waals surface area contributed by atoms with Crippen molar-refractivity contribution >= 4 is 16.0 Å². The van der Waals surface area contributed by atoms with Gasteiger partial charge in [-0.1, -0.05) is 60.7 Å². The highest BCUT2D eigenvalue weighted by Crippen LogP contribution is 2.36. The highest BCUT2D eigenvalue weighted by Gasteiger charge is 2.24. The zero-order chi connectivity index (χ0) is 30.0. The molecule has 4 rings (SSSR count). The molecule has 4 aromatic rings. The SMILES string of the molecule is COc1ccc(CCNC(=O)Cc2ccc(OC)c(OS(=O)(=O)c3ccccc3)c2CO)cc1OCc1ccccc1. The van der Waals surface area contributed by atoms with Gasteiger partial charge >= 0.3 is 10.1 Å². The number of nitrogens with one attached hydrogen (secondary N) is 1. The van der Waals surface area contributed by atoms with E-state index in [9.17, 15) is 18.3 Å². The molecule has 0 spiro atoms. The van der Waals surface area contributed by atoms with E-state index in [0.717, 1.165) is 11.1 Å². The zero-order valence-electron chi connectivity index (χ0n) is 23.4.